The van der Waals surface area contributed by atoms with Gasteiger partial charge in [-0.2, -0.15) is 0 Å². The van der Waals surface area contributed by atoms with E-state index in [-0.39, 0.29) is 17.9 Å². The lowest BCUT2D eigenvalue weighted by molar-refractivity contribution is -0.384. The van der Waals surface area contributed by atoms with Crippen molar-refractivity contribution in [2.45, 2.75) is 6.42 Å². The maximum Gasteiger partial charge on any atom is 0.315 e. The summed E-state index contributed by atoms with van der Waals surface area (Å²) in [6.45, 7) is 0. The molecule has 0 radical (unpaired) electrons. The van der Waals surface area contributed by atoms with E-state index in [0.29, 0.717) is 5.52 Å². The molecule has 0 aliphatic heterocycles. The molecule has 1 heterocycles. The number of fused-ring (bicyclic) bond motifs is 1. The number of ether oxygens (including phenoxy) is 1. The molecule has 23 heavy (non-hydrogen) atoms. The molecule has 0 N–H and O–H groups in total. The molecule has 0 aliphatic carbocycles. The fourth-order valence-corrected chi connectivity index (χ4v) is 2.19. The molecule has 0 bridgehead atoms. The Hall–Kier alpha value is -3.29. The molecule has 0 fully saturated rings. The van der Waals surface area contributed by atoms with Gasteiger partial charge in [-0.25, -0.2) is 4.68 Å². The van der Waals surface area contributed by atoms with Gasteiger partial charge in [0.05, 0.1) is 22.9 Å². The van der Waals surface area contributed by atoms with Crippen LogP contribution in [0.3, 0.4) is 0 Å². The van der Waals surface area contributed by atoms with Crippen LogP contribution in [0.5, 0.6) is 5.75 Å². The molecule has 2 aromatic carbocycles. The molecule has 1 aromatic heterocycles. The number of nitro groups is 1. The van der Waals surface area contributed by atoms with Crippen molar-refractivity contribution in [3.8, 4) is 5.75 Å². The van der Waals surface area contributed by atoms with Crippen LogP contribution in [-0.2, 0) is 18.3 Å². The normalized spacial score (nSPS) is 10.7. The quantitative estimate of drug-likeness (QED) is 0.316. The summed E-state index contributed by atoms with van der Waals surface area (Å²) in [6.07, 6.45) is 0.0369. The third-order valence-electron chi connectivity index (χ3n) is 3.28. The molecule has 0 amide bonds. The van der Waals surface area contributed by atoms with Crippen molar-refractivity contribution < 1.29 is 14.5 Å². The Morgan fingerprint density at radius 3 is 2.91 bits per heavy atom. The zero-order valence-electron chi connectivity index (χ0n) is 12.2. The molecule has 116 valence electrons. The maximum atomic E-state index is 12.0. The highest BCUT2D eigenvalue weighted by molar-refractivity contribution is 5.79. The van der Waals surface area contributed by atoms with Gasteiger partial charge in [0.15, 0.2) is 0 Å². The minimum Gasteiger partial charge on any atom is -0.426 e. The van der Waals surface area contributed by atoms with Crippen LogP contribution in [0.15, 0.2) is 42.5 Å². The lowest BCUT2D eigenvalue weighted by Crippen LogP contribution is -2.11. The van der Waals surface area contributed by atoms with Crippen LogP contribution in [-0.4, -0.2) is 25.9 Å². The van der Waals surface area contributed by atoms with E-state index >= 15 is 0 Å². The molecule has 3 aromatic rings. The molecule has 0 unspecified atom stereocenters. The van der Waals surface area contributed by atoms with E-state index in [1.165, 1.54) is 24.3 Å². The van der Waals surface area contributed by atoms with E-state index < -0.39 is 10.9 Å². The Balaban J connectivity index is 1.73. The molecular weight excluding hydrogens is 300 g/mol. The van der Waals surface area contributed by atoms with Crippen molar-refractivity contribution >= 4 is 22.7 Å². The van der Waals surface area contributed by atoms with Crippen LogP contribution in [0, 0.1) is 10.1 Å². The number of rotatable bonds is 4. The van der Waals surface area contributed by atoms with E-state index in [1.54, 1.807) is 23.9 Å². The van der Waals surface area contributed by atoms with Crippen LogP contribution >= 0.6 is 0 Å². The molecule has 0 spiro atoms. The second kappa shape index (κ2) is 5.84. The first-order valence-electron chi connectivity index (χ1n) is 6.76. The topological polar surface area (TPSA) is 100 Å². The lowest BCUT2D eigenvalue weighted by atomic mass is 10.1. The van der Waals surface area contributed by atoms with Gasteiger partial charge in [0.2, 0.25) is 0 Å². The Kier molecular flexibility index (Phi) is 3.71. The van der Waals surface area contributed by atoms with Crippen molar-refractivity contribution in [2.24, 2.45) is 7.05 Å². The van der Waals surface area contributed by atoms with Gasteiger partial charge in [-0.1, -0.05) is 17.3 Å². The van der Waals surface area contributed by atoms with Gasteiger partial charge in [-0.05, 0) is 23.8 Å². The number of hydrogen-bond donors (Lipinski definition) is 0. The minimum atomic E-state index is -0.542. The van der Waals surface area contributed by atoms with Gasteiger partial charge >= 0.3 is 5.97 Å². The average molecular weight is 312 g/mol. The first-order chi connectivity index (χ1) is 11.0. The van der Waals surface area contributed by atoms with Crippen molar-refractivity contribution in [3.05, 3.63) is 58.1 Å². The number of benzene rings is 2. The SMILES string of the molecule is Cn1nnc2cc(CC(=O)Oc3cccc([N+](=O)[O-])c3)ccc21. The molecule has 8 nitrogen and oxygen atoms in total. The molecule has 0 atom stereocenters. The number of nitro benzene ring substituents is 1. The van der Waals surface area contributed by atoms with Crippen molar-refractivity contribution in [1.29, 1.82) is 0 Å². The maximum absolute atomic E-state index is 12.0. The van der Waals surface area contributed by atoms with Gasteiger partial charge < -0.3 is 4.74 Å². The number of carbonyl (C=O) groups is 1. The van der Waals surface area contributed by atoms with Gasteiger partial charge in [-0.15, -0.1) is 5.10 Å². The number of aryl methyl sites for hydroxylation is 1. The third kappa shape index (κ3) is 3.15. The molecule has 8 heteroatoms. The van der Waals surface area contributed by atoms with Crippen molar-refractivity contribution in [2.75, 3.05) is 0 Å². The van der Waals surface area contributed by atoms with Gasteiger partial charge in [0.1, 0.15) is 11.3 Å². The van der Waals surface area contributed by atoms with Crippen LogP contribution in [0.4, 0.5) is 5.69 Å². The highest BCUT2D eigenvalue weighted by Gasteiger charge is 2.11. The number of nitrogens with zero attached hydrogens (tertiary/aromatic N) is 4. The number of carbonyl (C=O) groups excluding carboxylic acids is 1. The highest BCUT2D eigenvalue weighted by Crippen LogP contribution is 2.20. The molecule has 3 rings (SSSR count). The fraction of sp³-hybridized carbons (Fsp3) is 0.133. The number of aromatic nitrogens is 3. The van der Waals surface area contributed by atoms with Crippen LogP contribution in [0.1, 0.15) is 5.56 Å². The smallest absolute Gasteiger partial charge is 0.315 e. The summed E-state index contributed by atoms with van der Waals surface area (Å²) in [7, 11) is 1.78. The Morgan fingerprint density at radius 1 is 1.30 bits per heavy atom. The molecule has 0 saturated carbocycles. The summed E-state index contributed by atoms with van der Waals surface area (Å²) in [5.74, 6) is -0.362. The van der Waals surface area contributed by atoms with E-state index in [4.69, 9.17) is 4.74 Å². The van der Waals surface area contributed by atoms with Crippen LogP contribution < -0.4 is 4.74 Å². The predicted octanol–water partition coefficient (Wildman–Crippen LogP) is 2.02. The van der Waals surface area contributed by atoms with Crippen molar-refractivity contribution in [3.63, 3.8) is 0 Å². The Bertz CT molecular complexity index is 903. The summed E-state index contributed by atoms with van der Waals surface area (Å²) >= 11 is 0. The summed E-state index contributed by atoms with van der Waals surface area (Å²) in [5, 5.41) is 18.6. The number of hydrogen-bond acceptors (Lipinski definition) is 6. The first kappa shape index (κ1) is 14.6. The van der Waals surface area contributed by atoms with Gasteiger partial charge in [0.25, 0.3) is 5.69 Å². The van der Waals surface area contributed by atoms with Crippen LogP contribution in [0.2, 0.25) is 0 Å². The summed E-state index contributed by atoms with van der Waals surface area (Å²) in [4.78, 5) is 22.1. The van der Waals surface area contributed by atoms with Gasteiger partial charge in [-0.3, -0.25) is 14.9 Å². The Labute approximate surface area is 130 Å². The zero-order valence-corrected chi connectivity index (χ0v) is 12.2. The second-order valence-corrected chi connectivity index (χ2v) is 4.94. The van der Waals surface area contributed by atoms with Gasteiger partial charge in [0, 0.05) is 13.1 Å². The largest absolute Gasteiger partial charge is 0.426 e. The zero-order chi connectivity index (χ0) is 16.4. The Morgan fingerprint density at radius 2 is 2.13 bits per heavy atom. The number of non-ortho nitro benzene ring substituents is 1. The monoisotopic (exact) mass is 312 g/mol. The van der Waals surface area contributed by atoms with E-state index in [9.17, 15) is 14.9 Å². The first-order valence-corrected chi connectivity index (χ1v) is 6.76. The highest BCUT2D eigenvalue weighted by atomic mass is 16.6. The molecule has 0 saturated heterocycles. The average Bonchev–Trinajstić information content (AvgIpc) is 2.88. The van der Waals surface area contributed by atoms with E-state index in [0.717, 1.165) is 11.1 Å². The van der Waals surface area contributed by atoms with Crippen molar-refractivity contribution in [1.82, 2.24) is 15.0 Å². The minimum absolute atomic E-state index is 0.0369. The summed E-state index contributed by atoms with van der Waals surface area (Å²) < 4.78 is 6.78. The van der Waals surface area contributed by atoms with E-state index in [1.807, 2.05) is 6.07 Å². The predicted molar refractivity (Wildman–Crippen MR) is 80.9 cm³/mol. The second-order valence-electron chi connectivity index (χ2n) is 4.94. The molecular formula is C15H12N4O4. The summed E-state index contributed by atoms with van der Waals surface area (Å²) in [6, 6.07) is 10.9. The standard InChI is InChI=1S/C15H12N4O4/c1-18-14-6-5-10(7-13(14)16-17-18)8-15(20)23-12-4-2-3-11(9-12)19(21)22/h2-7,9H,8H2,1H3. The number of esters is 1. The van der Waals surface area contributed by atoms with E-state index in [2.05, 4.69) is 10.3 Å². The van der Waals surface area contributed by atoms with Crippen LogP contribution in [0.25, 0.3) is 11.0 Å². The third-order valence-corrected chi connectivity index (χ3v) is 3.28. The fourth-order valence-electron chi connectivity index (χ4n) is 2.19. The lowest BCUT2D eigenvalue weighted by Gasteiger charge is -2.04. The summed E-state index contributed by atoms with van der Waals surface area (Å²) in [5.41, 5.74) is 2.15. The molecule has 0 aliphatic rings.